The maximum atomic E-state index is 11.2. The molecule has 0 aliphatic heterocycles. The van der Waals surface area contributed by atoms with Crippen LogP contribution >= 0.6 is 0 Å². The molecule has 0 unspecified atom stereocenters. The number of nitro groups is 4. The number of hydrogen-bond acceptors (Lipinski definition) is 10. The van der Waals surface area contributed by atoms with Crippen LogP contribution in [0.15, 0.2) is 30.3 Å². The number of nitrogens with one attached hydrogen (secondary N) is 1. The summed E-state index contributed by atoms with van der Waals surface area (Å²) in [5.41, 5.74) is -3.97. The van der Waals surface area contributed by atoms with E-state index in [9.17, 15) is 40.5 Å². The molecule has 27 heavy (non-hydrogen) atoms. The van der Waals surface area contributed by atoms with E-state index in [1.807, 2.05) is 0 Å². The zero-order chi connectivity index (χ0) is 20.3. The number of rotatable bonds is 7. The van der Waals surface area contributed by atoms with Crippen LogP contribution in [0.2, 0.25) is 0 Å². The first-order valence-electron chi connectivity index (χ1n) is 6.85. The van der Waals surface area contributed by atoms with Crippen LogP contribution < -0.4 is 10.1 Å². The predicted octanol–water partition coefficient (Wildman–Crippen LogP) is 3.07. The van der Waals surface area contributed by atoms with Crippen molar-refractivity contribution >= 4 is 34.1 Å². The third kappa shape index (κ3) is 4.01. The summed E-state index contributed by atoms with van der Waals surface area (Å²) in [7, 11) is 1.22. The molecule has 0 fully saturated rings. The van der Waals surface area contributed by atoms with Crippen molar-refractivity contribution in [3.8, 4) is 5.75 Å². The molecule has 0 saturated heterocycles. The minimum absolute atomic E-state index is 0.0129. The number of hydrogen-bond donors (Lipinski definition) is 1. The minimum atomic E-state index is -1.04. The van der Waals surface area contributed by atoms with Gasteiger partial charge in [-0.15, -0.1) is 0 Å². The van der Waals surface area contributed by atoms with Crippen molar-refractivity contribution in [2.45, 2.75) is 0 Å². The predicted molar refractivity (Wildman–Crippen MR) is 89.3 cm³/mol. The van der Waals surface area contributed by atoms with Crippen LogP contribution in [0.4, 0.5) is 34.1 Å². The molecule has 0 aromatic heterocycles. The molecule has 0 radical (unpaired) electrons. The zero-order valence-corrected chi connectivity index (χ0v) is 13.3. The van der Waals surface area contributed by atoms with Crippen LogP contribution in [-0.4, -0.2) is 26.8 Å². The molecule has 0 aliphatic carbocycles. The maximum Gasteiger partial charge on any atom is 0.306 e. The molecule has 0 aliphatic rings. The number of benzene rings is 2. The second-order valence-electron chi connectivity index (χ2n) is 4.93. The van der Waals surface area contributed by atoms with E-state index >= 15 is 0 Å². The fraction of sp³-hybridized carbons (Fsp3) is 0.0769. The highest BCUT2D eigenvalue weighted by Crippen LogP contribution is 2.41. The first-order chi connectivity index (χ1) is 12.6. The SMILES string of the molecule is COc1cc(Nc2c([N+](=O)[O-])cc([N+](=O)[O-])cc2[N+](=O)[O-])cc([N+](=O)[O-])c1. The Bertz CT molecular complexity index is 940. The second kappa shape index (κ2) is 7.26. The van der Waals surface area contributed by atoms with E-state index in [1.54, 1.807) is 0 Å². The Hall–Kier alpha value is -4.36. The lowest BCUT2D eigenvalue weighted by Crippen LogP contribution is -2.04. The summed E-state index contributed by atoms with van der Waals surface area (Å²) in [4.78, 5) is 40.5. The smallest absolute Gasteiger partial charge is 0.306 e. The average Bonchev–Trinajstić information content (AvgIpc) is 2.60. The Morgan fingerprint density at radius 3 is 1.63 bits per heavy atom. The molecule has 14 nitrogen and oxygen atoms in total. The summed E-state index contributed by atoms with van der Waals surface area (Å²) in [6.07, 6.45) is 0. The van der Waals surface area contributed by atoms with Crippen LogP contribution in [0.3, 0.4) is 0 Å². The van der Waals surface area contributed by atoms with Gasteiger partial charge in [-0.2, -0.15) is 0 Å². The van der Waals surface area contributed by atoms with Crippen molar-refractivity contribution < 1.29 is 24.4 Å². The summed E-state index contributed by atoms with van der Waals surface area (Å²) in [6, 6.07) is 4.34. The van der Waals surface area contributed by atoms with Gasteiger partial charge >= 0.3 is 11.4 Å². The second-order valence-corrected chi connectivity index (χ2v) is 4.93. The van der Waals surface area contributed by atoms with Gasteiger partial charge < -0.3 is 10.1 Å². The van der Waals surface area contributed by atoms with Crippen LogP contribution in [0.1, 0.15) is 0 Å². The molecule has 0 amide bonds. The highest BCUT2D eigenvalue weighted by atomic mass is 16.6. The van der Waals surface area contributed by atoms with E-state index in [0.29, 0.717) is 12.1 Å². The summed E-state index contributed by atoms with van der Waals surface area (Å²) in [6.45, 7) is 0. The van der Waals surface area contributed by atoms with Crippen molar-refractivity contribution in [2.75, 3.05) is 12.4 Å². The van der Waals surface area contributed by atoms with Gasteiger partial charge in [0.1, 0.15) is 5.75 Å². The lowest BCUT2D eigenvalue weighted by atomic mass is 10.2. The quantitative estimate of drug-likeness (QED) is 0.551. The third-order valence-corrected chi connectivity index (χ3v) is 3.29. The number of non-ortho nitro benzene ring substituents is 2. The van der Waals surface area contributed by atoms with Crippen LogP contribution in [0.5, 0.6) is 5.75 Å². The van der Waals surface area contributed by atoms with E-state index in [-0.39, 0.29) is 11.4 Å². The van der Waals surface area contributed by atoms with Gasteiger partial charge in [-0.1, -0.05) is 0 Å². The van der Waals surface area contributed by atoms with Gasteiger partial charge in [-0.3, -0.25) is 40.5 Å². The monoisotopic (exact) mass is 379 g/mol. The summed E-state index contributed by atoms with van der Waals surface area (Å²) in [5.74, 6) is 0.0129. The van der Waals surface area contributed by atoms with Gasteiger partial charge in [0.15, 0.2) is 5.69 Å². The van der Waals surface area contributed by atoms with Gasteiger partial charge in [0.05, 0.1) is 45.0 Å². The summed E-state index contributed by atoms with van der Waals surface area (Å²) in [5, 5.41) is 46.7. The molecule has 2 aromatic rings. The molecule has 140 valence electrons. The largest absolute Gasteiger partial charge is 0.496 e. The normalized spacial score (nSPS) is 10.1. The molecular formula is C13H9N5O9. The van der Waals surface area contributed by atoms with Crippen LogP contribution in [-0.2, 0) is 0 Å². The van der Waals surface area contributed by atoms with Crippen LogP contribution in [0.25, 0.3) is 0 Å². The number of ether oxygens (including phenoxy) is 1. The summed E-state index contributed by atoms with van der Waals surface area (Å²) < 4.78 is 4.89. The van der Waals surface area contributed by atoms with Gasteiger partial charge in [-0.25, -0.2) is 0 Å². The van der Waals surface area contributed by atoms with Crippen molar-refractivity contribution in [1.29, 1.82) is 0 Å². The van der Waals surface area contributed by atoms with E-state index in [0.717, 1.165) is 12.1 Å². The fourth-order valence-corrected chi connectivity index (χ4v) is 2.14. The van der Waals surface area contributed by atoms with Gasteiger partial charge in [0, 0.05) is 17.8 Å². The molecule has 0 atom stereocenters. The Balaban J connectivity index is 2.69. The topological polar surface area (TPSA) is 194 Å². The fourth-order valence-electron chi connectivity index (χ4n) is 2.14. The lowest BCUT2D eigenvalue weighted by Gasteiger charge is -2.09. The van der Waals surface area contributed by atoms with Gasteiger partial charge in [-0.05, 0) is 0 Å². The molecule has 0 saturated carbocycles. The van der Waals surface area contributed by atoms with Crippen molar-refractivity contribution in [1.82, 2.24) is 0 Å². The number of nitro benzene ring substituents is 4. The highest BCUT2D eigenvalue weighted by Gasteiger charge is 2.31. The molecule has 2 aromatic carbocycles. The van der Waals surface area contributed by atoms with Gasteiger partial charge in [0.2, 0.25) is 0 Å². The van der Waals surface area contributed by atoms with Crippen molar-refractivity contribution in [3.05, 3.63) is 70.8 Å². The maximum absolute atomic E-state index is 11.2. The molecule has 1 N–H and O–H groups in total. The Labute approximate surface area is 148 Å². The first kappa shape index (κ1) is 19.0. The highest BCUT2D eigenvalue weighted by molar-refractivity contribution is 5.82. The van der Waals surface area contributed by atoms with E-state index < -0.39 is 48.1 Å². The third-order valence-electron chi connectivity index (χ3n) is 3.29. The standard InChI is InChI=1S/C13H9N5O9/c1-27-10-3-7(2-8(4-10)15(19)20)14-13-11(17(23)24)5-9(16(21)22)6-12(13)18(25)26/h2-6,14H,1H3. The number of anilines is 2. The molecule has 14 heteroatoms. The van der Waals surface area contributed by atoms with E-state index in [1.165, 1.54) is 13.2 Å². The molecule has 0 heterocycles. The number of nitrogens with zero attached hydrogens (tertiary/aromatic N) is 4. The van der Waals surface area contributed by atoms with Crippen molar-refractivity contribution in [2.24, 2.45) is 0 Å². The van der Waals surface area contributed by atoms with Crippen molar-refractivity contribution in [3.63, 3.8) is 0 Å². The lowest BCUT2D eigenvalue weighted by molar-refractivity contribution is -0.401. The first-order valence-corrected chi connectivity index (χ1v) is 6.85. The van der Waals surface area contributed by atoms with Crippen LogP contribution in [0, 0.1) is 40.5 Å². The molecule has 0 bridgehead atoms. The molecule has 0 spiro atoms. The average molecular weight is 379 g/mol. The zero-order valence-electron chi connectivity index (χ0n) is 13.3. The van der Waals surface area contributed by atoms with Gasteiger partial charge in [0.25, 0.3) is 11.4 Å². The minimum Gasteiger partial charge on any atom is -0.496 e. The Kier molecular flexibility index (Phi) is 5.10. The Morgan fingerprint density at radius 1 is 0.741 bits per heavy atom. The molecule has 2 rings (SSSR count). The Morgan fingerprint density at radius 2 is 1.22 bits per heavy atom. The van der Waals surface area contributed by atoms with E-state index in [2.05, 4.69) is 5.32 Å². The van der Waals surface area contributed by atoms with E-state index in [4.69, 9.17) is 4.74 Å². The molecular weight excluding hydrogens is 370 g/mol. The number of methoxy groups -OCH3 is 1. The summed E-state index contributed by atoms with van der Waals surface area (Å²) >= 11 is 0.